The van der Waals surface area contributed by atoms with E-state index in [2.05, 4.69) is 26.9 Å². The highest BCUT2D eigenvalue weighted by Gasteiger charge is 2.36. The summed E-state index contributed by atoms with van der Waals surface area (Å²) in [4.78, 5) is 2.58. The third-order valence-corrected chi connectivity index (χ3v) is 5.15. The van der Waals surface area contributed by atoms with Crippen LogP contribution in [-0.4, -0.2) is 17.7 Å². The molecule has 1 N–H and O–H groups in total. The Bertz CT molecular complexity index is 435. The molecule has 3 heteroatoms. The molecule has 3 rings (SSSR count). The van der Waals surface area contributed by atoms with Gasteiger partial charge in [-0.3, -0.25) is 0 Å². The lowest BCUT2D eigenvalue weighted by Gasteiger charge is -2.33. The zero-order chi connectivity index (χ0) is 12.5. The molecule has 2 aliphatic rings. The number of nitrogens with zero attached hydrogens (tertiary/aromatic N) is 1. The molecular formula is C15H20BrNO. The second-order valence-electron chi connectivity index (χ2n) is 5.54. The molecule has 18 heavy (non-hydrogen) atoms. The van der Waals surface area contributed by atoms with Crippen LogP contribution in [0.2, 0.25) is 0 Å². The van der Waals surface area contributed by atoms with Gasteiger partial charge in [0.25, 0.3) is 0 Å². The summed E-state index contributed by atoms with van der Waals surface area (Å²) in [5.41, 5.74) is 2.28. The van der Waals surface area contributed by atoms with Gasteiger partial charge in [-0.1, -0.05) is 18.9 Å². The van der Waals surface area contributed by atoms with E-state index in [4.69, 9.17) is 0 Å². The van der Waals surface area contributed by atoms with E-state index in [1.807, 2.05) is 12.1 Å². The van der Waals surface area contributed by atoms with E-state index < -0.39 is 0 Å². The highest BCUT2D eigenvalue weighted by atomic mass is 79.9. The van der Waals surface area contributed by atoms with Gasteiger partial charge in [-0.2, -0.15) is 0 Å². The summed E-state index contributed by atoms with van der Waals surface area (Å²) in [6.45, 7) is 1.30. The van der Waals surface area contributed by atoms with E-state index in [-0.39, 0.29) is 6.61 Å². The fourth-order valence-corrected chi connectivity index (χ4v) is 4.24. The van der Waals surface area contributed by atoms with Gasteiger partial charge in [0.05, 0.1) is 12.3 Å². The van der Waals surface area contributed by atoms with Crippen molar-refractivity contribution in [2.24, 2.45) is 5.92 Å². The van der Waals surface area contributed by atoms with Crippen LogP contribution in [-0.2, 0) is 6.61 Å². The Hall–Kier alpha value is -0.540. The number of hydrogen-bond acceptors (Lipinski definition) is 2. The standard InChI is InChI=1S/C15H20BrNO/c16-13-9-11(10-18)5-6-15(13)17-8-7-12-3-1-2-4-14(12)17/h5-6,9,12,14,18H,1-4,7-8,10H2. The first kappa shape index (κ1) is 12.5. The van der Waals surface area contributed by atoms with Crippen molar-refractivity contribution in [3.8, 4) is 0 Å². The fourth-order valence-electron chi connectivity index (χ4n) is 3.59. The Morgan fingerprint density at radius 2 is 2.06 bits per heavy atom. The van der Waals surface area contributed by atoms with Crippen molar-refractivity contribution in [1.82, 2.24) is 0 Å². The number of aliphatic hydroxyl groups is 1. The molecule has 1 aromatic rings. The largest absolute Gasteiger partial charge is 0.392 e. The van der Waals surface area contributed by atoms with Gasteiger partial charge in [-0.05, 0) is 58.8 Å². The van der Waals surface area contributed by atoms with Crippen molar-refractivity contribution in [1.29, 1.82) is 0 Å². The summed E-state index contributed by atoms with van der Waals surface area (Å²) in [6.07, 6.45) is 6.90. The van der Waals surface area contributed by atoms with Crippen molar-refractivity contribution < 1.29 is 5.11 Å². The quantitative estimate of drug-likeness (QED) is 0.900. The topological polar surface area (TPSA) is 23.5 Å². The number of benzene rings is 1. The minimum absolute atomic E-state index is 0.116. The van der Waals surface area contributed by atoms with E-state index >= 15 is 0 Å². The van der Waals surface area contributed by atoms with Crippen LogP contribution in [0.25, 0.3) is 0 Å². The van der Waals surface area contributed by atoms with Crippen LogP contribution in [0.5, 0.6) is 0 Å². The average molecular weight is 310 g/mol. The first-order valence-electron chi connectivity index (χ1n) is 6.95. The molecule has 1 saturated carbocycles. The van der Waals surface area contributed by atoms with Gasteiger partial charge < -0.3 is 10.0 Å². The van der Waals surface area contributed by atoms with Crippen molar-refractivity contribution >= 4 is 21.6 Å². The van der Waals surface area contributed by atoms with E-state index in [1.54, 1.807) is 0 Å². The van der Waals surface area contributed by atoms with Crippen LogP contribution in [0.1, 0.15) is 37.7 Å². The van der Waals surface area contributed by atoms with Crippen LogP contribution in [0.3, 0.4) is 0 Å². The minimum atomic E-state index is 0.116. The summed E-state index contributed by atoms with van der Waals surface area (Å²) >= 11 is 3.66. The Balaban J connectivity index is 1.86. The summed E-state index contributed by atoms with van der Waals surface area (Å²) < 4.78 is 1.13. The highest BCUT2D eigenvalue weighted by molar-refractivity contribution is 9.10. The predicted octanol–water partition coefficient (Wildman–Crippen LogP) is 3.71. The summed E-state index contributed by atoms with van der Waals surface area (Å²) in [6, 6.07) is 6.99. The minimum Gasteiger partial charge on any atom is -0.392 e. The first-order valence-corrected chi connectivity index (χ1v) is 7.75. The number of halogens is 1. The molecule has 0 amide bonds. The van der Waals surface area contributed by atoms with Crippen molar-refractivity contribution in [2.75, 3.05) is 11.4 Å². The maximum absolute atomic E-state index is 9.17. The smallest absolute Gasteiger partial charge is 0.0682 e. The number of aliphatic hydroxyl groups excluding tert-OH is 1. The second kappa shape index (κ2) is 5.22. The zero-order valence-electron chi connectivity index (χ0n) is 10.6. The van der Waals surface area contributed by atoms with Crippen LogP contribution in [0.4, 0.5) is 5.69 Å². The van der Waals surface area contributed by atoms with Crippen molar-refractivity contribution in [3.63, 3.8) is 0 Å². The van der Waals surface area contributed by atoms with Gasteiger partial charge in [-0.25, -0.2) is 0 Å². The van der Waals surface area contributed by atoms with Gasteiger partial charge >= 0.3 is 0 Å². The molecule has 0 bridgehead atoms. The van der Waals surface area contributed by atoms with Gasteiger partial charge in [0, 0.05) is 17.1 Å². The highest BCUT2D eigenvalue weighted by Crippen LogP contribution is 2.41. The van der Waals surface area contributed by atoms with Gasteiger partial charge in [0.2, 0.25) is 0 Å². The lowest BCUT2D eigenvalue weighted by molar-refractivity contribution is 0.282. The Kier molecular flexibility index (Phi) is 3.62. The summed E-state index contributed by atoms with van der Waals surface area (Å²) in [5.74, 6) is 0.906. The van der Waals surface area contributed by atoms with Crippen LogP contribution in [0.15, 0.2) is 22.7 Å². The number of rotatable bonds is 2. The third kappa shape index (κ3) is 2.19. The molecule has 2 atom stereocenters. The van der Waals surface area contributed by atoms with Crippen molar-refractivity contribution in [2.45, 2.75) is 44.8 Å². The number of fused-ring (bicyclic) bond motifs is 1. The molecule has 0 spiro atoms. The van der Waals surface area contributed by atoms with E-state index in [1.165, 1.54) is 44.3 Å². The molecule has 1 aromatic carbocycles. The van der Waals surface area contributed by atoms with Crippen LogP contribution in [0, 0.1) is 5.92 Å². The van der Waals surface area contributed by atoms with Gasteiger partial charge in [0.1, 0.15) is 0 Å². The lowest BCUT2D eigenvalue weighted by atomic mass is 9.85. The average Bonchev–Trinajstić information content (AvgIpc) is 2.82. The molecular weight excluding hydrogens is 290 g/mol. The fraction of sp³-hybridized carbons (Fsp3) is 0.600. The summed E-state index contributed by atoms with van der Waals surface area (Å²) in [7, 11) is 0. The normalized spacial score (nSPS) is 27.3. The number of hydrogen-bond donors (Lipinski definition) is 1. The molecule has 98 valence electrons. The van der Waals surface area contributed by atoms with Gasteiger partial charge in [0.15, 0.2) is 0 Å². The number of anilines is 1. The predicted molar refractivity (Wildman–Crippen MR) is 77.8 cm³/mol. The first-order chi connectivity index (χ1) is 8.79. The maximum atomic E-state index is 9.17. The van der Waals surface area contributed by atoms with E-state index in [9.17, 15) is 5.11 Å². The molecule has 1 heterocycles. The van der Waals surface area contributed by atoms with E-state index in [0.717, 1.165) is 22.0 Å². The third-order valence-electron chi connectivity index (χ3n) is 4.51. The van der Waals surface area contributed by atoms with Crippen LogP contribution < -0.4 is 4.90 Å². The Morgan fingerprint density at radius 1 is 1.22 bits per heavy atom. The molecule has 1 aliphatic carbocycles. The van der Waals surface area contributed by atoms with Crippen molar-refractivity contribution in [3.05, 3.63) is 28.2 Å². The molecule has 2 fully saturated rings. The molecule has 2 unspecified atom stereocenters. The second-order valence-corrected chi connectivity index (χ2v) is 6.39. The van der Waals surface area contributed by atoms with Gasteiger partial charge in [-0.15, -0.1) is 0 Å². The summed E-state index contributed by atoms with van der Waals surface area (Å²) in [5, 5.41) is 9.17. The lowest BCUT2D eigenvalue weighted by Crippen LogP contribution is -2.34. The Morgan fingerprint density at radius 3 is 2.83 bits per heavy atom. The molecule has 1 saturated heterocycles. The monoisotopic (exact) mass is 309 g/mol. The zero-order valence-corrected chi connectivity index (χ0v) is 12.2. The molecule has 0 radical (unpaired) electrons. The maximum Gasteiger partial charge on any atom is 0.0682 e. The molecule has 0 aromatic heterocycles. The SMILES string of the molecule is OCc1ccc(N2CCC3CCCCC32)c(Br)c1. The van der Waals surface area contributed by atoms with E-state index in [0.29, 0.717) is 0 Å². The van der Waals surface area contributed by atoms with Crippen LogP contribution >= 0.6 is 15.9 Å². The molecule has 1 aliphatic heterocycles. The molecule has 2 nitrogen and oxygen atoms in total. The Labute approximate surface area is 117 Å².